The molecule has 6 nitrogen and oxygen atoms in total. The van der Waals surface area contributed by atoms with Gasteiger partial charge in [-0.3, -0.25) is 0 Å². The van der Waals surface area contributed by atoms with Crippen molar-refractivity contribution in [2.75, 3.05) is 5.73 Å². The van der Waals surface area contributed by atoms with E-state index in [-0.39, 0.29) is 17.1 Å². The van der Waals surface area contributed by atoms with Crippen LogP contribution in [0.25, 0.3) is 0 Å². The lowest BCUT2D eigenvalue weighted by atomic mass is 10.1. The molecule has 0 aliphatic rings. The van der Waals surface area contributed by atoms with Crippen LogP contribution < -0.4 is 10.5 Å². The summed E-state index contributed by atoms with van der Waals surface area (Å²) in [5, 5.41) is 0. The number of nitrogens with two attached hydrogens (primary N) is 1. The molecule has 0 saturated heterocycles. The first kappa shape index (κ1) is 14.5. The summed E-state index contributed by atoms with van der Waals surface area (Å²) >= 11 is 0. The van der Waals surface area contributed by atoms with E-state index in [1.807, 2.05) is 13.8 Å². The molecule has 0 fully saturated rings. The van der Waals surface area contributed by atoms with Gasteiger partial charge in [-0.1, -0.05) is 0 Å². The Labute approximate surface area is 118 Å². The highest BCUT2D eigenvalue weighted by Crippen LogP contribution is 2.22. The second-order valence-electron chi connectivity index (χ2n) is 4.75. The van der Waals surface area contributed by atoms with Gasteiger partial charge in [-0.15, -0.1) is 0 Å². The van der Waals surface area contributed by atoms with Crippen LogP contribution in [0.1, 0.15) is 17.0 Å². The number of rotatable bonds is 4. The molecule has 108 valence electrons. The van der Waals surface area contributed by atoms with Gasteiger partial charge in [0, 0.05) is 19.4 Å². The van der Waals surface area contributed by atoms with Gasteiger partial charge < -0.3 is 10.3 Å². The van der Waals surface area contributed by atoms with Gasteiger partial charge in [-0.05, 0) is 37.1 Å². The van der Waals surface area contributed by atoms with Crippen molar-refractivity contribution in [3.8, 4) is 0 Å². The molecule has 0 unspecified atom stereocenters. The van der Waals surface area contributed by atoms with Gasteiger partial charge in [-0.2, -0.15) is 0 Å². The number of imidazole rings is 1. The van der Waals surface area contributed by atoms with Gasteiger partial charge >= 0.3 is 0 Å². The highest BCUT2D eigenvalue weighted by Gasteiger charge is 2.18. The molecule has 0 aliphatic heterocycles. The molecule has 0 radical (unpaired) electrons. The van der Waals surface area contributed by atoms with E-state index in [0.717, 1.165) is 11.1 Å². The van der Waals surface area contributed by atoms with Crippen LogP contribution in [0.2, 0.25) is 0 Å². The normalized spacial score (nSPS) is 11.8. The molecule has 1 aromatic heterocycles. The number of benzene rings is 1. The Bertz CT molecular complexity index is 735. The topological polar surface area (TPSA) is 90.0 Å². The molecule has 1 aromatic carbocycles. The van der Waals surface area contributed by atoms with Gasteiger partial charge in [0.25, 0.3) is 0 Å². The summed E-state index contributed by atoms with van der Waals surface area (Å²) in [4.78, 5) is 4.18. The quantitative estimate of drug-likeness (QED) is 0.826. The first-order chi connectivity index (χ1) is 9.31. The lowest BCUT2D eigenvalue weighted by molar-refractivity contribution is 0.578. The first-order valence-corrected chi connectivity index (χ1v) is 7.62. The summed E-state index contributed by atoms with van der Waals surface area (Å²) in [6, 6.07) is 3.26. The number of aromatic nitrogens is 2. The van der Waals surface area contributed by atoms with Crippen molar-refractivity contribution in [1.82, 2.24) is 14.3 Å². The predicted octanol–water partition coefficient (Wildman–Crippen LogP) is 1.10. The summed E-state index contributed by atoms with van der Waals surface area (Å²) in [6.07, 6.45) is 3.38. The number of sulfonamides is 1. The van der Waals surface area contributed by atoms with Crippen molar-refractivity contribution in [2.24, 2.45) is 7.05 Å². The van der Waals surface area contributed by atoms with E-state index in [4.69, 9.17) is 5.73 Å². The molecule has 0 bridgehead atoms. The summed E-state index contributed by atoms with van der Waals surface area (Å²) in [6.45, 7) is 3.87. The third-order valence-electron chi connectivity index (χ3n) is 3.26. The number of nitrogens with one attached hydrogen (secondary N) is 1. The fourth-order valence-electron chi connectivity index (χ4n) is 1.85. The van der Waals surface area contributed by atoms with E-state index in [1.54, 1.807) is 36.1 Å². The zero-order valence-corrected chi connectivity index (χ0v) is 12.5. The van der Waals surface area contributed by atoms with Crippen molar-refractivity contribution in [3.05, 3.63) is 41.5 Å². The largest absolute Gasteiger partial charge is 0.398 e. The molecule has 7 heteroatoms. The van der Waals surface area contributed by atoms with Crippen molar-refractivity contribution >= 4 is 15.7 Å². The van der Waals surface area contributed by atoms with E-state index in [9.17, 15) is 8.42 Å². The van der Waals surface area contributed by atoms with E-state index in [1.165, 1.54) is 0 Å². The van der Waals surface area contributed by atoms with Crippen LogP contribution in [0, 0.1) is 13.8 Å². The van der Waals surface area contributed by atoms with E-state index < -0.39 is 10.0 Å². The minimum absolute atomic E-state index is 0.106. The van der Waals surface area contributed by atoms with Crippen LogP contribution >= 0.6 is 0 Å². The SMILES string of the molecule is Cc1cc(N)c(S(=O)(=O)NCc2nccn2C)cc1C. The van der Waals surface area contributed by atoms with Crippen molar-refractivity contribution in [3.63, 3.8) is 0 Å². The Balaban J connectivity index is 2.27. The fraction of sp³-hybridized carbons (Fsp3) is 0.308. The van der Waals surface area contributed by atoms with E-state index in [2.05, 4.69) is 9.71 Å². The fourth-order valence-corrected chi connectivity index (χ4v) is 3.02. The Hall–Kier alpha value is -1.86. The molecule has 0 aliphatic carbocycles. The second kappa shape index (κ2) is 5.26. The van der Waals surface area contributed by atoms with E-state index >= 15 is 0 Å². The summed E-state index contributed by atoms with van der Waals surface area (Å²) in [7, 11) is -1.84. The van der Waals surface area contributed by atoms with Crippen molar-refractivity contribution in [1.29, 1.82) is 0 Å². The average Bonchev–Trinajstić information content (AvgIpc) is 2.77. The average molecular weight is 294 g/mol. The number of hydrogen-bond donors (Lipinski definition) is 2. The van der Waals surface area contributed by atoms with Gasteiger partial charge in [0.15, 0.2) is 0 Å². The van der Waals surface area contributed by atoms with Crippen LogP contribution in [-0.2, 0) is 23.6 Å². The standard InChI is InChI=1S/C13H18N4O2S/c1-9-6-11(14)12(7-10(9)2)20(18,19)16-8-13-15-4-5-17(13)3/h4-7,16H,8,14H2,1-3H3. The first-order valence-electron chi connectivity index (χ1n) is 6.14. The Morgan fingerprint density at radius 1 is 1.30 bits per heavy atom. The summed E-state index contributed by atoms with van der Waals surface area (Å²) in [5.74, 6) is 0.635. The molecular weight excluding hydrogens is 276 g/mol. The number of nitrogen functional groups attached to an aromatic ring is 1. The maximum absolute atomic E-state index is 12.3. The minimum Gasteiger partial charge on any atom is -0.398 e. The molecule has 0 atom stereocenters. The van der Waals surface area contributed by atoms with E-state index in [0.29, 0.717) is 5.82 Å². The maximum Gasteiger partial charge on any atom is 0.243 e. The molecular formula is C13H18N4O2S. The molecule has 3 N–H and O–H groups in total. The molecule has 0 amide bonds. The van der Waals surface area contributed by atoms with Crippen LogP contribution in [0.5, 0.6) is 0 Å². The third-order valence-corrected chi connectivity index (χ3v) is 4.71. The highest BCUT2D eigenvalue weighted by molar-refractivity contribution is 7.89. The zero-order valence-electron chi connectivity index (χ0n) is 11.7. The second-order valence-corrected chi connectivity index (χ2v) is 6.49. The lowest BCUT2D eigenvalue weighted by Gasteiger charge is -2.11. The van der Waals surface area contributed by atoms with Gasteiger partial charge in [0.05, 0.1) is 12.2 Å². The predicted molar refractivity (Wildman–Crippen MR) is 77.6 cm³/mol. The molecule has 2 aromatic rings. The van der Waals surface area contributed by atoms with Gasteiger partial charge in [0.2, 0.25) is 10.0 Å². The molecule has 1 heterocycles. The Kier molecular flexibility index (Phi) is 3.82. The smallest absolute Gasteiger partial charge is 0.243 e. The third kappa shape index (κ3) is 2.83. The molecule has 0 spiro atoms. The number of nitrogens with zero attached hydrogens (tertiary/aromatic N) is 2. The Morgan fingerprint density at radius 3 is 2.55 bits per heavy atom. The number of aryl methyl sites for hydroxylation is 3. The Morgan fingerprint density at radius 2 is 1.95 bits per heavy atom. The number of anilines is 1. The van der Waals surface area contributed by atoms with Crippen LogP contribution in [0.3, 0.4) is 0 Å². The minimum atomic E-state index is -3.65. The monoisotopic (exact) mass is 294 g/mol. The van der Waals surface area contributed by atoms with Crippen LogP contribution in [0.15, 0.2) is 29.4 Å². The van der Waals surface area contributed by atoms with Crippen LogP contribution in [-0.4, -0.2) is 18.0 Å². The van der Waals surface area contributed by atoms with Gasteiger partial charge in [0.1, 0.15) is 10.7 Å². The number of hydrogen-bond acceptors (Lipinski definition) is 4. The summed E-state index contributed by atoms with van der Waals surface area (Å²) < 4.78 is 28.9. The lowest BCUT2D eigenvalue weighted by Crippen LogP contribution is -2.25. The van der Waals surface area contributed by atoms with Crippen LogP contribution in [0.4, 0.5) is 5.69 Å². The van der Waals surface area contributed by atoms with Gasteiger partial charge in [-0.25, -0.2) is 18.1 Å². The molecule has 0 saturated carbocycles. The van der Waals surface area contributed by atoms with Crippen molar-refractivity contribution in [2.45, 2.75) is 25.3 Å². The maximum atomic E-state index is 12.3. The highest BCUT2D eigenvalue weighted by atomic mass is 32.2. The van der Waals surface area contributed by atoms with Crippen molar-refractivity contribution < 1.29 is 8.42 Å². The summed E-state index contributed by atoms with van der Waals surface area (Å²) in [5.41, 5.74) is 7.91. The molecule has 20 heavy (non-hydrogen) atoms. The molecule has 2 rings (SSSR count). The zero-order chi connectivity index (χ0) is 14.9.